The summed E-state index contributed by atoms with van der Waals surface area (Å²) in [6, 6.07) is 7.05. The van der Waals surface area contributed by atoms with Crippen LogP contribution < -0.4 is 20.1 Å². The number of benzene rings is 1. The van der Waals surface area contributed by atoms with Crippen LogP contribution in [0.4, 0.5) is 8.78 Å². The normalized spacial score (nSPS) is 11.5. The van der Waals surface area contributed by atoms with Crippen molar-refractivity contribution in [1.29, 1.82) is 0 Å². The Balaban J connectivity index is 2.02. The third kappa shape index (κ3) is 5.65. The van der Waals surface area contributed by atoms with Crippen LogP contribution in [-0.4, -0.2) is 30.8 Å². The molecule has 0 unspecified atom stereocenters. The SMILES string of the molecule is CCOc1cccc(CNC(=NC)NCc2ccn(C)c2)c1OC(F)F. The lowest BCUT2D eigenvalue weighted by Crippen LogP contribution is -2.36. The maximum Gasteiger partial charge on any atom is 0.387 e. The zero-order valence-electron chi connectivity index (χ0n) is 15.1. The van der Waals surface area contributed by atoms with E-state index in [4.69, 9.17) is 4.74 Å². The van der Waals surface area contributed by atoms with Crippen LogP contribution >= 0.6 is 0 Å². The molecular weight excluding hydrogens is 342 g/mol. The molecule has 0 atom stereocenters. The quantitative estimate of drug-likeness (QED) is 0.557. The van der Waals surface area contributed by atoms with Gasteiger partial charge in [0.25, 0.3) is 0 Å². The second-order valence-corrected chi connectivity index (χ2v) is 5.52. The number of para-hydroxylation sites is 1. The van der Waals surface area contributed by atoms with Crippen LogP contribution in [-0.2, 0) is 20.1 Å². The minimum Gasteiger partial charge on any atom is -0.490 e. The Morgan fingerprint density at radius 2 is 2.00 bits per heavy atom. The van der Waals surface area contributed by atoms with Crippen LogP contribution in [0, 0.1) is 0 Å². The van der Waals surface area contributed by atoms with Crippen molar-refractivity contribution in [3.63, 3.8) is 0 Å². The van der Waals surface area contributed by atoms with Crippen molar-refractivity contribution in [2.24, 2.45) is 12.0 Å². The standard InChI is InChI=1S/C18H24F2N4O2/c1-4-25-15-7-5-6-14(16(15)26-17(19)20)11-23-18(21-2)22-10-13-8-9-24(3)12-13/h5-9,12,17H,4,10-11H2,1-3H3,(H2,21,22,23). The summed E-state index contributed by atoms with van der Waals surface area (Å²) in [4.78, 5) is 4.14. The molecule has 1 heterocycles. The van der Waals surface area contributed by atoms with Crippen LogP contribution in [0.25, 0.3) is 0 Å². The minimum absolute atomic E-state index is 0.0374. The van der Waals surface area contributed by atoms with Crippen LogP contribution in [0.5, 0.6) is 11.5 Å². The molecule has 0 bridgehead atoms. The molecule has 1 aromatic heterocycles. The lowest BCUT2D eigenvalue weighted by Gasteiger charge is -2.17. The molecule has 0 saturated carbocycles. The molecule has 2 aromatic rings. The smallest absolute Gasteiger partial charge is 0.387 e. The molecule has 0 radical (unpaired) electrons. The molecule has 0 saturated heterocycles. The molecule has 6 nitrogen and oxygen atoms in total. The lowest BCUT2D eigenvalue weighted by atomic mass is 10.2. The van der Waals surface area contributed by atoms with E-state index in [1.807, 2.05) is 30.1 Å². The van der Waals surface area contributed by atoms with Crippen molar-refractivity contribution in [2.45, 2.75) is 26.6 Å². The van der Waals surface area contributed by atoms with Crippen LogP contribution in [0.15, 0.2) is 41.7 Å². The highest BCUT2D eigenvalue weighted by atomic mass is 19.3. The summed E-state index contributed by atoms with van der Waals surface area (Å²) >= 11 is 0. The Hall–Kier alpha value is -2.77. The van der Waals surface area contributed by atoms with Gasteiger partial charge in [-0.2, -0.15) is 8.78 Å². The van der Waals surface area contributed by atoms with E-state index < -0.39 is 6.61 Å². The summed E-state index contributed by atoms with van der Waals surface area (Å²) in [6.45, 7) is 0.0754. The van der Waals surface area contributed by atoms with Crippen LogP contribution in [0.2, 0.25) is 0 Å². The van der Waals surface area contributed by atoms with Crippen LogP contribution in [0.3, 0.4) is 0 Å². The predicted octanol–water partition coefficient (Wildman–Crippen LogP) is 2.89. The number of nitrogens with one attached hydrogen (secondary N) is 2. The predicted molar refractivity (Wildman–Crippen MR) is 96.7 cm³/mol. The molecule has 0 spiro atoms. The number of rotatable bonds is 8. The van der Waals surface area contributed by atoms with Crippen molar-refractivity contribution in [3.05, 3.63) is 47.8 Å². The monoisotopic (exact) mass is 366 g/mol. The zero-order chi connectivity index (χ0) is 18.9. The van der Waals surface area contributed by atoms with Gasteiger partial charge in [-0.1, -0.05) is 12.1 Å². The minimum atomic E-state index is -2.93. The lowest BCUT2D eigenvalue weighted by molar-refractivity contribution is -0.0520. The Labute approximate surface area is 151 Å². The number of aryl methyl sites for hydroxylation is 1. The summed E-state index contributed by atoms with van der Waals surface area (Å²) in [5, 5.41) is 6.27. The Kier molecular flexibility index (Phi) is 7.25. The molecule has 142 valence electrons. The third-order valence-electron chi connectivity index (χ3n) is 3.59. The molecule has 0 fully saturated rings. The van der Waals surface area contributed by atoms with Crippen molar-refractivity contribution >= 4 is 5.96 Å². The molecular formula is C18H24F2N4O2. The van der Waals surface area contributed by atoms with Gasteiger partial charge in [-0.25, -0.2) is 0 Å². The summed E-state index contributed by atoms with van der Waals surface area (Å²) in [5.74, 6) is 0.883. The van der Waals surface area contributed by atoms with Gasteiger partial charge in [0.1, 0.15) is 0 Å². The molecule has 0 aliphatic heterocycles. The Bertz CT molecular complexity index is 732. The van der Waals surface area contributed by atoms with Gasteiger partial charge in [0, 0.05) is 45.1 Å². The van der Waals surface area contributed by atoms with E-state index in [9.17, 15) is 8.78 Å². The Morgan fingerprint density at radius 1 is 1.23 bits per heavy atom. The summed E-state index contributed by atoms with van der Waals surface area (Å²) in [6.07, 6.45) is 3.96. The largest absolute Gasteiger partial charge is 0.490 e. The first-order valence-electron chi connectivity index (χ1n) is 8.28. The van der Waals surface area contributed by atoms with E-state index in [-0.39, 0.29) is 12.3 Å². The van der Waals surface area contributed by atoms with Crippen molar-refractivity contribution < 1.29 is 18.3 Å². The number of nitrogens with zero attached hydrogens (tertiary/aromatic N) is 2. The van der Waals surface area contributed by atoms with Crippen molar-refractivity contribution in [1.82, 2.24) is 15.2 Å². The Morgan fingerprint density at radius 3 is 2.62 bits per heavy atom. The first kappa shape index (κ1) is 19.6. The average Bonchev–Trinajstić information content (AvgIpc) is 3.02. The second kappa shape index (κ2) is 9.65. The zero-order valence-corrected chi connectivity index (χ0v) is 15.1. The average molecular weight is 366 g/mol. The maximum atomic E-state index is 12.8. The third-order valence-corrected chi connectivity index (χ3v) is 3.59. The molecule has 1 aromatic carbocycles. The summed E-state index contributed by atoms with van der Waals surface area (Å²) in [5.41, 5.74) is 1.66. The number of halogens is 2. The highest BCUT2D eigenvalue weighted by Gasteiger charge is 2.16. The summed E-state index contributed by atoms with van der Waals surface area (Å²) < 4.78 is 37.5. The van der Waals surface area contributed by atoms with Gasteiger partial charge >= 0.3 is 6.61 Å². The number of hydrogen-bond acceptors (Lipinski definition) is 3. The molecule has 26 heavy (non-hydrogen) atoms. The first-order chi connectivity index (χ1) is 12.5. The van der Waals surface area contributed by atoms with Gasteiger partial charge in [-0.15, -0.1) is 0 Å². The highest BCUT2D eigenvalue weighted by Crippen LogP contribution is 2.32. The van der Waals surface area contributed by atoms with Crippen molar-refractivity contribution in [2.75, 3.05) is 13.7 Å². The molecule has 0 aliphatic rings. The number of ether oxygens (including phenoxy) is 2. The number of hydrogen-bond donors (Lipinski definition) is 2. The van der Waals surface area contributed by atoms with Gasteiger partial charge in [-0.3, -0.25) is 4.99 Å². The van der Waals surface area contributed by atoms with E-state index in [1.165, 1.54) is 0 Å². The summed E-state index contributed by atoms with van der Waals surface area (Å²) in [7, 11) is 3.60. The van der Waals surface area contributed by atoms with E-state index in [0.717, 1.165) is 5.56 Å². The molecule has 0 aliphatic carbocycles. The highest BCUT2D eigenvalue weighted by molar-refractivity contribution is 5.79. The first-order valence-corrected chi connectivity index (χ1v) is 8.28. The van der Waals surface area contributed by atoms with Gasteiger partial charge in [0.2, 0.25) is 0 Å². The fraction of sp³-hybridized carbons (Fsp3) is 0.389. The number of aromatic nitrogens is 1. The van der Waals surface area contributed by atoms with E-state index in [0.29, 0.717) is 30.4 Å². The second-order valence-electron chi connectivity index (χ2n) is 5.52. The topological polar surface area (TPSA) is 59.8 Å². The number of guanidine groups is 1. The van der Waals surface area contributed by atoms with Gasteiger partial charge < -0.3 is 24.7 Å². The van der Waals surface area contributed by atoms with E-state index >= 15 is 0 Å². The fourth-order valence-corrected chi connectivity index (χ4v) is 2.44. The fourth-order valence-electron chi connectivity index (χ4n) is 2.44. The molecule has 0 amide bonds. The molecule has 8 heteroatoms. The van der Waals surface area contributed by atoms with Crippen LogP contribution in [0.1, 0.15) is 18.1 Å². The van der Waals surface area contributed by atoms with Gasteiger partial charge in [-0.05, 0) is 24.6 Å². The van der Waals surface area contributed by atoms with Crippen molar-refractivity contribution in [3.8, 4) is 11.5 Å². The maximum absolute atomic E-state index is 12.8. The van der Waals surface area contributed by atoms with Gasteiger partial charge in [0.15, 0.2) is 17.5 Å². The number of aliphatic imine (C=N–C) groups is 1. The molecule has 2 rings (SSSR count). The van der Waals surface area contributed by atoms with E-state index in [1.54, 1.807) is 32.2 Å². The molecule has 2 N–H and O–H groups in total. The van der Waals surface area contributed by atoms with E-state index in [2.05, 4.69) is 20.4 Å². The van der Waals surface area contributed by atoms with Gasteiger partial charge in [0.05, 0.1) is 6.61 Å². The number of alkyl halides is 2.